The summed E-state index contributed by atoms with van der Waals surface area (Å²) in [6.45, 7) is 1.02. The molecule has 0 aliphatic carbocycles. The average molecular weight is 290 g/mol. The fraction of sp³-hybridized carbons (Fsp3) is 0.200. The number of rotatable bonds is 6. The van der Waals surface area contributed by atoms with Crippen molar-refractivity contribution in [3.8, 4) is 0 Å². The van der Waals surface area contributed by atoms with E-state index in [1.54, 1.807) is 12.1 Å². The van der Waals surface area contributed by atoms with Crippen LogP contribution in [-0.4, -0.2) is 24.0 Å². The third-order valence-electron chi connectivity index (χ3n) is 2.71. The molecule has 0 atom stereocenters. The number of carbonyl (C=O) groups excluding carboxylic acids is 1. The molecule has 2 aromatic rings. The molecular weight excluding hydrogens is 274 g/mol. The highest BCUT2D eigenvalue weighted by molar-refractivity contribution is 6.30. The molecule has 2 rings (SSSR count). The molecule has 4 nitrogen and oxygen atoms in total. The van der Waals surface area contributed by atoms with Crippen LogP contribution in [0.1, 0.15) is 5.56 Å². The van der Waals surface area contributed by atoms with Crippen molar-refractivity contribution in [2.75, 3.05) is 18.4 Å². The highest BCUT2D eigenvalue weighted by Gasteiger charge is 2.02. The first-order valence-electron chi connectivity index (χ1n) is 6.40. The molecule has 1 heterocycles. The highest BCUT2D eigenvalue weighted by atomic mass is 35.5. The van der Waals surface area contributed by atoms with Crippen molar-refractivity contribution in [1.29, 1.82) is 0 Å². The SMILES string of the molecule is O=C(CNCCc1ccccc1)Nc1ccc(Cl)cn1. The molecule has 0 aliphatic rings. The lowest BCUT2D eigenvalue weighted by Crippen LogP contribution is -2.29. The van der Waals surface area contributed by atoms with Crippen molar-refractivity contribution in [1.82, 2.24) is 10.3 Å². The predicted molar refractivity (Wildman–Crippen MR) is 80.9 cm³/mol. The summed E-state index contributed by atoms with van der Waals surface area (Å²) in [5.41, 5.74) is 1.25. The minimum Gasteiger partial charge on any atom is -0.310 e. The summed E-state index contributed by atoms with van der Waals surface area (Å²) in [6, 6.07) is 13.5. The monoisotopic (exact) mass is 289 g/mol. The molecule has 20 heavy (non-hydrogen) atoms. The van der Waals surface area contributed by atoms with Crippen molar-refractivity contribution in [3.63, 3.8) is 0 Å². The van der Waals surface area contributed by atoms with Gasteiger partial charge in [0.1, 0.15) is 5.82 Å². The Kier molecular flexibility index (Phi) is 5.53. The summed E-state index contributed by atoms with van der Waals surface area (Å²) in [7, 11) is 0. The van der Waals surface area contributed by atoms with Gasteiger partial charge in [0.05, 0.1) is 11.6 Å². The van der Waals surface area contributed by atoms with E-state index in [0.29, 0.717) is 10.8 Å². The molecule has 0 radical (unpaired) electrons. The molecule has 0 bridgehead atoms. The number of amides is 1. The van der Waals surface area contributed by atoms with Crippen LogP contribution in [0.25, 0.3) is 0 Å². The summed E-state index contributed by atoms with van der Waals surface area (Å²) in [6.07, 6.45) is 2.40. The van der Waals surface area contributed by atoms with Crippen LogP contribution >= 0.6 is 11.6 Å². The summed E-state index contributed by atoms with van der Waals surface area (Å²) in [5.74, 6) is 0.386. The van der Waals surface area contributed by atoms with Gasteiger partial charge in [-0.05, 0) is 30.7 Å². The fourth-order valence-corrected chi connectivity index (χ4v) is 1.83. The van der Waals surface area contributed by atoms with Crippen molar-refractivity contribution in [2.45, 2.75) is 6.42 Å². The molecule has 0 fully saturated rings. The van der Waals surface area contributed by atoms with Gasteiger partial charge >= 0.3 is 0 Å². The number of benzene rings is 1. The first kappa shape index (κ1) is 14.5. The summed E-state index contributed by atoms with van der Waals surface area (Å²) in [4.78, 5) is 15.7. The smallest absolute Gasteiger partial charge is 0.239 e. The number of aromatic nitrogens is 1. The van der Waals surface area contributed by atoms with E-state index < -0.39 is 0 Å². The van der Waals surface area contributed by atoms with Crippen molar-refractivity contribution >= 4 is 23.3 Å². The molecular formula is C15H16ClN3O. The second-order valence-corrected chi connectivity index (χ2v) is 4.76. The molecule has 104 valence electrons. The van der Waals surface area contributed by atoms with Crippen LogP contribution in [0.4, 0.5) is 5.82 Å². The van der Waals surface area contributed by atoms with Crippen LogP contribution in [-0.2, 0) is 11.2 Å². The van der Waals surface area contributed by atoms with Crippen LogP contribution < -0.4 is 10.6 Å². The Bertz CT molecular complexity index is 543. The van der Waals surface area contributed by atoms with E-state index >= 15 is 0 Å². The number of nitrogens with one attached hydrogen (secondary N) is 2. The van der Waals surface area contributed by atoms with E-state index in [0.717, 1.165) is 13.0 Å². The topological polar surface area (TPSA) is 54.0 Å². The van der Waals surface area contributed by atoms with E-state index in [-0.39, 0.29) is 12.5 Å². The molecule has 5 heteroatoms. The van der Waals surface area contributed by atoms with Gasteiger partial charge in [0.25, 0.3) is 0 Å². The van der Waals surface area contributed by atoms with Gasteiger partial charge in [-0.3, -0.25) is 4.79 Å². The second kappa shape index (κ2) is 7.62. The lowest BCUT2D eigenvalue weighted by Gasteiger charge is -2.06. The quantitative estimate of drug-likeness (QED) is 0.804. The third-order valence-corrected chi connectivity index (χ3v) is 2.94. The van der Waals surface area contributed by atoms with E-state index in [1.165, 1.54) is 11.8 Å². The van der Waals surface area contributed by atoms with Gasteiger partial charge in [-0.15, -0.1) is 0 Å². The zero-order chi connectivity index (χ0) is 14.2. The van der Waals surface area contributed by atoms with Crippen molar-refractivity contribution < 1.29 is 4.79 Å². The maximum Gasteiger partial charge on any atom is 0.239 e. The number of hydrogen-bond acceptors (Lipinski definition) is 3. The van der Waals surface area contributed by atoms with Gasteiger partial charge in [0.2, 0.25) is 5.91 Å². The molecule has 0 aliphatic heterocycles. The van der Waals surface area contributed by atoms with Crippen molar-refractivity contribution in [2.24, 2.45) is 0 Å². The number of nitrogens with zero attached hydrogens (tertiary/aromatic N) is 1. The van der Waals surface area contributed by atoms with Gasteiger partial charge in [0, 0.05) is 6.20 Å². The van der Waals surface area contributed by atoms with Gasteiger partial charge < -0.3 is 10.6 Å². The molecule has 1 aromatic carbocycles. The molecule has 1 aromatic heterocycles. The first-order chi connectivity index (χ1) is 9.74. The molecule has 2 N–H and O–H groups in total. The molecule has 0 unspecified atom stereocenters. The molecule has 0 saturated carbocycles. The second-order valence-electron chi connectivity index (χ2n) is 4.32. The van der Waals surface area contributed by atoms with Gasteiger partial charge in [-0.1, -0.05) is 41.9 Å². The Morgan fingerprint density at radius 3 is 2.65 bits per heavy atom. The first-order valence-corrected chi connectivity index (χ1v) is 6.78. The van der Waals surface area contributed by atoms with E-state index in [1.807, 2.05) is 18.2 Å². The maximum atomic E-state index is 11.7. The minimum atomic E-state index is -0.118. The average Bonchev–Trinajstić information content (AvgIpc) is 2.47. The normalized spacial score (nSPS) is 10.2. The Morgan fingerprint density at radius 2 is 1.95 bits per heavy atom. The maximum absolute atomic E-state index is 11.7. The Morgan fingerprint density at radius 1 is 1.15 bits per heavy atom. The number of halogens is 1. The van der Waals surface area contributed by atoms with Crippen LogP contribution in [0, 0.1) is 0 Å². The van der Waals surface area contributed by atoms with Gasteiger partial charge in [-0.25, -0.2) is 4.98 Å². The lowest BCUT2D eigenvalue weighted by atomic mass is 10.1. The zero-order valence-corrected chi connectivity index (χ0v) is 11.7. The largest absolute Gasteiger partial charge is 0.310 e. The fourth-order valence-electron chi connectivity index (χ4n) is 1.72. The Balaban J connectivity index is 1.66. The van der Waals surface area contributed by atoms with E-state index in [2.05, 4.69) is 27.8 Å². The van der Waals surface area contributed by atoms with Crippen LogP contribution in [0.3, 0.4) is 0 Å². The molecule has 0 spiro atoms. The summed E-state index contributed by atoms with van der Waals surface area (Å²) < 4.78 is 0. The number of anilines is 1. The standard InChI is InChI=1S/C15H16ClN3O/c16-13-6-7-14(18-10-13)19-15(20)11-17-9-8-12-4-2-1-3-5-12/h1-7,10,17H,8-9,11H2,(H,18,19,20). The number of carbonyl (C=O) groups is 1. The predicted octanol–water partition coefficient (Wildman–Crippen LogP) is 2.51. The molecule has 0 saturated heterocycles. The third kappa shape index (κ3) is 4.99. The van der Waals surface area contributed by atoms with Crippen LogP contribution in [0.5, 0.6) is 0 Å². The Hall–Kier alpha value is -1.91. The van der Waals surface area contributed by atoms with Crippen LogP contribution in [0.2, 0.25) is 5.02 Å². The zero-order valence-electron chi connectivity index (χ0n) is 11.0. The highest BCUT2D eigenvalue weighted by Crippen LogP contribution is 2.09. The van der Waals surface area contributed by atoms with Gasteiger partial charge in [0.15, 0.2) is 0 Å². The Labute approximate surface area is 123 Å². The van der Waals surface area contributed by atoms with E-state index in [4.69, 9.17) is 11.6 Å². The molecule has 1 amide bonds. The number of pyridine rings is 1. The lowest BCUT2D eigenvalue weighted by molar-refractivity contribution is -0.115. The van der Waals surface area contributed by atoms with Crippen molar-refractivity contribution in [3.05, 3.63) is 59.2 Å². The summed E-state index contributed by atoms with van der Waals surface area (Å²) in [5, 5.41) is 6.34. The van der Waals surface area contributed by atoms with E-state index in [9.17, 15) is 4.79 Å². The summed E-state index contributed by atoms with van der Waals surface area (Å²) >= 11 is 5.72. The van der Waals surface area contributed by atoms with Gasteiger partial charge in [-0.2, -0.15) is 0 Å². The number of hydrogen-bond donors (Lipinski definition) is 2. The van der Waals surface area contributed by atoms with Crippen LogP contribution in [0.15, 0.2) is 48.7 Å². The minimum absolute atomic E-state index is 0.118.